The van der Waals surface area contributed by atoms with Gasteiger partial charge in [-0.2, -0.15) is 0 Å². The lowest BCUT2D eigenvalue weighted by atomic mass is 10.1. The van der Waals surface area contributed by atoms with E-state index in [4.69, 9.17) is 0 Å². The summed E-state index contributed by atoms with van der Waals surface area (Å²) in [6, 6.07) is 4.40. The van der Waals surface area contributed by atoms with Crippen LogP contribution in [-0.4, -0.2) is 45.4 Å². The van der Waals surface area contributed by atoms with Gasteiger partial charge in [-0.1, -0.05) is 11.3 Å². The summed E-state index contributed by atoms with van der Waals surface area (Å²) in [5.41, 5.74) is 0.442. The number of aromatic nitrogens is 3. The van der Waals surface area contributed by atoms with Gasteiger partial charge in [0.1, 0.15) is 0 Å². The number of nitrogens with zero attached hydrogens (tertiary/aromatic N) is 4. The van der Waals surface area contributed by atoms with Crippen LogP contribution in [0.3, 0.4) is 0 Å². The van der Waals surface area contributed by atoms with Gasteiger partial charge in [0.2, 0.25) is 0 Å². The average Bonchev–Trinajstić information content (AvgIpc) is 3.24. The Kier molecular flexibility index (Phi) is 6.56. The van der Waals surface area contributed by atoms with Gasteiger partial charge in [0.15, 0.2) is 5.69 Å². The predicted octanol–water partition coefficient (Wildman–Crippen LogP) is 2.35. The fourth-order valence-electron chi connectivity index (χ4n) is 2.70. The normalized spacial score (nSPS) is 15.2. The van der Waals surface area contributed by atoms with Crippen molar-refractivity contribution in [3.05, 3.63) is 34.3 Å². The van der Waals surface area contributed by atoms with E-state index in [2.05, 4.69) is 15.6 Å². The van der Waals surface area contributed by atoms with Gasteiger partial charge in [0.25, 0.3) is 5.91 Å². The van der Waals surface area contributed by atoms with E-state index in [0.717, 1.165) is 25.9 Å². The minimum absolute atomic E-state index is 0. The molecule has 1 amide bonds. The number of carbonyl (C=O) groups excluding carboxylic acids is 1. The standard InChI is InChI=1S/C15H21N5OS.ClH/c1-2-19(10-13-4-3-9-22-13)15(21)14-11-20(18-17-14)12-5-7-16-8-6-12;/h3-4,9,11-12,16H,2,5-8,10H2,1H3;1H. The molecule has 8 heteroatoms. The maximum atomic E-state index is 12.6. The molecular formula is C15H22ClN5OS. The van der Waals surface area contributed by atoms with Gasteiger partial charge in [0, 0.05) is 11.4 Å². The zero-order valence-corrected chi connectivity index (χ0v) is 14.8. The van der Waals surface area contributed by atoms with Crippen LogP contribution < -0.4 is 5.32 Å². The fraction of sp³-hybridized carbons (Fsp3) is 0.533. The highest BCUT2D eigenvalue weighted by Crippen LogP contribution is 2.18. The highest BCUT2D eigenvalue weighted by Gasteiger charge is 2.21. The van der Waals surface area contributed by atoms with E-state index in [1.165, 1.54) is 4.88 Å². The van der Waals surface area contributed by atoms with Gasteiger partial charge in [-0.05, 0) is 44.3 Å². The molecule has 0 saturated carbocycles. The summed E-state index contributed by atoms with van der Waals surface area (Å²) in [6.45, 7) is 5.27. The van der Waals surface area contributed by atoms with Gasteiger partial charge in [-0.3, -0.25) is 4.79 Å². The summed E-state index contributed by atoms with van der Waals surface area (Å²) in [7, 11) is 0. The highest BCUT2D eigenvalue weighted by atomic mass is 35.5. The molecule has 23 heavy (non-hydrogen) atoms. The molecule has 3 rings (SSSR count). The molecule has 2 aromatic heterocycles. The van der Waals surface area contributed by atoms with Crippen LogP contribution in [0.25, 0.3) is 0 Å². The van der Waals surface area contributed by atoms with Crippen molar-refractivity contribution in [2.24, 2.45) is 0 Å². The molecule has 0 aromatic carbocycles. The predicted molar refractivity (Wildman–Crippen MR) is 93.1 cm³/mol. The molecule has 3 heterocycles. The monoisotopic (exact) mass is 355 g/mol. The second-order valence-corrected chi connectivity index (χ2v) is 6.50. The molecule has 0 radical (unpaired) electrons. The lowest BCUT2D eigenvalue weighted by Crippen LogP contribution is -2.30. The Hall–Kier alpha value is -1.44. The molecule has 2 aromatic rings. The Morgan fingerprint density at radius 2 is 2.26 bits per heavy atom. The molecule has 0 unspecified atom stereocenters. The van der Waals surface area contributed by atoms with E-state index in [9.17, 15) is 4.79 Å². The zero-order valence-electron chi connectivity index (χ0n) is 13.1. The minimum Gasteiger partial charge on any atom is -0.332 e. The molecule has 6 nitrogen and oxygen atoms in total. The molecule has 1 aliphatic rings. The summed E-state index contributed by atoms with van der Waals surface area (Å²) < 4.78 is 1.85. The number of thiophene rings is 1. The van der Waals surface area contributed by atoms with Crippen molar-refractivity contribution in [2.75, 3.05) is 19.6 Å². The Morgan fingerprint density at radius 3 is 2.91 bits per heavy atom. The summed E-state index contributed by atoms with van der Waals surface area (Å²) in [6.07, 6.45) is 3.86. The van der Waals surface area contributed by atoms with E-state index in [-0.39, 0.29) is 18.3 Å². The molecule has 0 spiro atoms. The number of halogens is 1. The van der Waals surface area contributed by atoms with E-state index >= 15 is 0 Å². The molecular weight excluding hydrogens is 334 g/mol. The Balaban J connectivity index is 0.00000192. The van der Waals surface area contributed by atoms with E-state index < -0.39 is 0 Å². The number of carbonyl (C=O) groups is 1. The Labute approximate surface area is 146 Å². The first kappa shape index (κ1) is 17.9. The van der Waals surface area contributed by atoms with Crippen LogP contribution in [0.1, 0.15) is 41.2 Å². The molecule has 1 fully saturated rings. The number of rotatable bonds is 5. The van der Waals surface area contributed by atoms with Crippen LogP contribution in [0.2, 0.25) is 0 Å². The third-order valence-electron chi connectivity index (χ3n) is 4.01. The first-order valence-electron chi connectivity index (χ1n) is 7.72. The number of hydrogen-bond donors (Lipinski definition) is 1. The average molecular weight is 356 g/mol. The Bertz CT molecular complexity index is 609. The van der Waals surface area contributed by atoms with Crippen molar-refractivity contribution in [1.82, 2.24) is 25.2 Å². The third-order valence-corrected chi connectivity index (χ3v) is 4.87. The molecule has 0 bridgehead atoms. The first-order chi connectivity index (χ1) is 10.8. The van der Waals surface area contributed by atoms with Crippen molar-refractivity contribution in [3.8, 4) is 0 Å². The van der Waals surface area contributed by atoms with Crippen LogP contribution in [0, 0.1) is 0 Å². The molecule has 1 N–H and O–H groups in total. The van der Waals surface area contributed by atoms with Crippen molar-refractivity contribution in [1.29, 1.82) is 0 Å². The summed E-state index contributed by atoms with van der Waals surface area (Å²) in [5.74, 6) is -0.0453. The van der Waals surface area contributed by atoms with Crippen LogP contribution in [0.5, 0.6) is 0 Å². The second kappa shape index (κ2) is 8.42. The van der Waals surface area contributed by atoms with E-state index in [1.54, 1.807) is 17.5 Å². The largest absolute Gasteiger partial charge is 0.332 e. The number of piperidine rings is 1. The fourth-order valence-corrected chi connectivity index (χ4v) is 3.42. The maximum absolute atomic E-state index is 12.6. The summed E-state index contributed by atoms with van der Waals surface area (Å²) >= 11 is 1.67. The molecule has 0 atom stereocenters. The Morgan fingerprint density at radius 1 is 1.48 bits per heavy atom. The third kappa shape index (κ3) is 4.31. The smallest absolute Gasteiger partial charge is 0.276 e. The van der Waals surface area contributed by atoms with Crippen LogP contribution in [0.4, 0.5) is 0 Å². The number of amides is 1. The maximum Gasteiger partial charge on any atom is 0.276 e. The molecule has 126 valence electrons. The van der Waals surface area contributed by atoms with Gasteiger partial charge in [-0.15, -0.1) is 28.8 Å². The number of hydrogen-bond acceptors (Lipinski definition) is 5. The van der Waals surface area contributed by atoms with Crippen LogP contribution in [0.15, 0.2) is 23.7 Å². The second-order valence-electron chi connectivity index (χ2n) is 5.46. The highest BCUT2D eigenvalue weighted by molar-refractivity contribution is 7.09. The quantitative estimate of drug-likeness (QED) is 0.894. The van der Waals surface area contributed by atoms with Crippen LogP contribution >= 0.6 is 23.7 Å². The van der Waals surface area contributed by atoms with Crippen molar-refractivity contribution < 1.29 is 4.79 Å². The molecule has 1 aliphatic heterocycles. The summed E-state index contributed by atoms with van der Waals surface area (Å²) in [5, 5.41) is 13.6. The van der Waals surface area contributed by atoms with Crippen molar-refractivity contribution in [2.45, 2.75) is 32.4 Å². The van der Waals surface area contributed by atoms with Crippen molar-refractivity contribution in [3.63, 3.8) is 0 Å². The lowest BCUT2D eigenvalue weighted by molar-refractivity contribution is 0.0748. The zero-order chi connectivity index (χ0) is 15.4. The van der Waals surface area contributed by atoms with E-state index in [1.807, 2.05) is 34.0 Å². The molecule has 0 aliphatic carbocycles. The topological polar surface area (TPSA) is 63.1 Å². The minimum atomic E-state index is -0.0453. The first-order valence-corrected chi connectivity index (χ1v) is 8.60. The van der Waals surface area contributed by atoms with Gasteiger partial charge in [-0.25, -0.2) is 4.68 Å². The van der Waals surface area contributed by atoms with E-state index in [0.29, 0.717) is 24.8 Å². The number of nitrogens with one attached hydrogen (secondary N) is 1. The van der Waals surface area contributed by atoms with Gasteiger partial charge >= 0.3 is 0 Å². The molecule has 1 saturated heterocycles. The SMILES string of the molecule is CCN(Cc1cccs1)C(=O)c1cn(C2CCNCC2)nn1.Cl. The van der Waals surface area contributed by atoms with Gasteiger partial charge in [0.05, 0.1) is 18.8 Å². The van der Waals surface area contributed by atoms with Crippen LogP contribution in [-0.2, 0) is 6.54 Å². The van der Waals surface area contributed by atoms with Crippen molar-refractivity contribution >= 4 is 29.7 Å². The lowest BCUT2D eigenvalue weighted by Gasteiger charge is -2.22. The van der Waals surface area contributed by atoms with Gasteiger partial charge < -0.3 is 10.2 Å². The summed E-state index contributed by atoms with van der Waals surface area (Å²) in [4.78, 5) is 15.6.